The van der Waals surface area contributed by atoms with Gasteiger partial charge in [-0.2, -0.15) is 0 Å². The number of nitrogens with zero attached hydrogens (tertiary/aromatic N) is 2. The standard InChI is InChI=1S/C23H28N4O5/c1-23(2,3)32-22(30)26-11-8-16(9-12-26)27-10-4-5-18(27)21(29)24-15-6-7-19-17(13-15)25-20(28)14-31-19/h4-7,10,13,16H,8-9,11-12,14H2,1-3H3,(H,24,29)(H,25,28). The molecule has 0 aliphatic carbocycles. The van der Waals surface area contributed by atoms with E-state index in [9.17, 15) is 14.4 Å². The van der Waals surface area contributed by atoms with Gasteiger partial charge in [-0.25, -0.2) is 4.79 Å². The van der Waals surface area contributed by atoms with Crippen LogP contribution in [0.15, 0.2) is 36.5 Å². The topological polar surface area (TPSA) is 102 Å². The molecule has 2 aliphatic heterocycles. The number of fused-ring (bicyclic) bond motifs is 1. The molecule has 2 N–H and O–H groups in total. The van der Waals surface area contributed by atoms with E-state index in [2.05, 4.69) is 10.6 Å². The lowest BCUT2D eigenvalue weighted by Crippen LogP contribution is -2.42. The molecule has 2 aromatic rings. The summed E-state index contributed by atoms with van der Waals surface area (Å²) in [6.45, 7) is 6.69. The lowest BCUT2D eigenvalue weighted by Gasteiger charge is -2.34. The van der Waals surface area contributed by atoms with E-state index in [4.69, 9.17) is 9.47 Å². The molecular formula is C23H28N4O5. The highest BCUT2D eigenvalue weighted by atomic mass is 16.6. The molecule has 0 bridgehead atoms. The van der Waals surface area contributed by atoms with Gasteiger partial charge in [0.25, 0.3) is 11.8 Å². The van der Waals surface area contributed by atoms with Crippen molar-refractivity contribution in [1.29, 1.82) is 0 Å². The van der Waals surface area contributed by atoms with Crippen LogP contribution in [0.3, 0.4) is 0 Å². The zero-order valence-electron chi connectivity index (χ0n) is 18.5. The van der Waals surface area contributed by atoms with Crippen LogP contribution in [-0.4, -0.2) is 52.7 Å². The smallest absolute Gasteiger partial charge is 0.410 e. The third-order valence-corrected chi connectivity index (χ3v) is 5.39. The Hall–Kier alpha value is -3.49. The first-order valence-corrected chi connectivity index (χ1v) is 10.7. The summed E-state index contributed by atoms with van der Waals surface area (Å²) in [7, 11) is 0. The summed E-state index contributed by atoms with van der Waals surface area (Å²) in [5.74, 6) is 0.0999. The van der Waals surface area contributed by atoms with Crippen molar-refractivity contribution < 1.29 is 23.9 Å². The van der Waals surface area contributed by atoms with Crippen LogP contribution in [0.25, 0.3) is 0 Å². The lowest BCUT2D eigenvalue weighted by molar-refractivity contribution is -0.118. The third-order valence-electron chi connectivity index (χ3n) is 5.39. The van der Waals surface area contributed by atoms with Crippen LogP contribution in [0.2, 0.25) is 0 Å². The summed E-state index contributed by atoms with van der Waals surface area (Å²) in [5, 5.41) is 5.63. The number of carbonyl (C=O) groups is 3. The van der Waals surface area contributed by atoms with E-state index in [0.717, 1.165) is 12.8 Å². The number of rotatable bonds is 3. The first-order valence-electron chi connectivity index (χ1n) is 10.7. The Kier molecular flexibility index (Phi) is 5.82. The molecule has 0 radical (unpaired) electrons. The highest BCUT2D eigenvalue weighted by molar-refractivity contribution is 6.04. The largest absolute Gasteiger partial charge is 0.482 e. The summed E-state index contributed by atoms with van der Waals surface area (Å²) in [6.07, 6.45) is 3.06. The minimum atomic E-state index is -0.523. The number of hydrogen-bond donors (Lipinski definition) is 2. The maximum atomic E-state index is 13.0. The van der Waals surface area contributed by atoms with E-state index in [0.29, 0.717) is 35.9 Å². The number of amides is 3. The molecule has 0 saturated carbocycles. The number of ether oxygens (including phenoxy) is 2. The third kappa shape index (κ3) is 4.87. The Morgan fingerprint density at radius 2 is 1.94 bits per heavy atom. The molecule has 170 valence electrons. The summed E-state index contributed by atoms with van der Waals surface area (Å²) in [4.78, 5) is 38.5. The fraction of sp³-hybridized carbons (Fsp3) is 0.435. The fourth-order valence-electron chi connectivity index (χ4n) is 3.91. The van der Waals surface area contributed by atoms with Gasteiger partial charge in [-0.15, -0.1) is 0 Å². The molecule has 3 heterocycles. The quantitative estimate of drug-likeness (QED) is 0.759. The molecule has 9 heteroatoms. The molecule has 1 fully saturated rings. The number of benzene rings is 1. The molecule has 0 spiro atoms. The van der Waals surface area contributed by atoms with Crippen molar-refractivity contribution >= 4 is 29.3 Å². The number of carbonyl (C=O) groups excluding carboxylic acids is 3. The molecular weight excluding hydrogens is 412 g/mol. The molecule has 32 heavy (non-hydrogen) atoms. The molecule has 1 saturated heterocycles. The van der Waals surface area contributed by atoms with Gasteiger partial charge >= 0.3 is 6.09 Å². The van der Waals surface area contributed by atoms with Crippen molar-refractivity contribution in [2.75, 3.05) is 30.3 Å². The van der Waals surface area contributed by atoms with Gasteiger partial charge in [-0.1, -0.05) is 0 Å². The molecule has 1 aromatic heterocycles. The second-order valence-electron chi connectivity index (χ2n) is 9.00. The first kappa shape index (κ1) is 21.7. The Morgan fingerprint density at radius 3 is 2.66 bits per heavy atom. The second kappa shape index (κ2) is 8.57. The molecule has 0 unspecified atom stereocenters. The van der Waals surface area contributed by atoms with Crippen LogP contribution in [0, 0.1) is 0 Å². The van der Waals surface area contributed by atoms with Gasteiger partial charge in [0.15, 0.2) is 6.61 Å². The SMILES string of the molecule is CC(C)(C)OC(=O)N1CCC(n2cccc2C(=O)Nc2ccc3c(c2)NC(=O)CO3)CC1. The molecule has 2 aliphatic rings. The minimum Gasteiger partial charge on any atom is -0.482 e. The van der Waals surface area contributed by atoms with Crippen molar-refractivity contribution in [1.82, 2.24) is 9.47 Å². The predicted molar refractivity (Wildman–Crippen MR) is 119 cm³/mol. The van der Waals surface area contributed by atoms with Crippen molar-refractivity contribution in [3.8, 4) is 5.75 Å². The lowest BCUT2D eigenvalue weighted by atomic mass is 10.0. The Balaban J connectivity index is 1.40. The molecule has 0 atom stereocenters. The summed E-state index contributed by atoms with van der Waals surface area (Å²) < 4.78 is 12.8. The first-order chi connectivity index (χ1) is 15.2. The highest BCUT2D eigenvalue weighted by Gasteiger charge is 2.29. The predicted octanol–water partition coefficient (Wildman–Crippen LogP) is 3.64. The molecule has 4 rings (SSSR count). The van der Waals surface area contributed by atoms with E-state index >= 15 is 0 Å². The Bertz CT molecular complexity index is 1030. The van der Waals surface area contributed by atoms with Crippen LogP contribution in [0.4, 0.5) is 16.2 Å². The van der Waals surface area contributed by atoms with Crippen LogP contribution in [0.1, 0.15) is 50.1 Å². The summed E-state index contributed by atoms with van der Waals surface area (Å²) in [5.41, 5.74) is 1.11. The summed E-state index contributed by atoms with van der Waals surface area (Å²) >= 11 is 0. The number of piperidine rings is 1. The minimum absolute atomic E-state index is 0.0149. The highest BCUT2D eigenvalue weighted by Crippen LogP contribution is 2.31. The van der Waals surface area contributed by atoms with Crippen molar-refractivity contribution in [3.05, 3.63) is 42.2 Å². The normalized spacial score (nSPS) is 16.6. The monoisotopic (exact) mass is 440 g/mol. The molecule has 9 nitrogen and oxygen atoms in total. The zero-order valence-corrected chi connectivity index (χ0v) is 18.5. The van der Waals surface area contributed by atoms with Crippen LogP contribution < -0.4 is 15.4 Å². The van der Waals surface area contributed by atoms with Crippen LogP contribution in [0.5, 0.6) is 5.75 Å². The number of likely N-dealkylation sites (tertiary alicyclic amines) is 1. The van der Waals surface area contributed by atoms with Crippen molar-refractivity contribution in [2.45, 2.75) is 45.3 Å². The fourth-order valence-corrected chi connectivity index (χ4v) is 3.91. The maximum absolute atomic E-state index is 13.0. The number of hydrogen-bond acceptors (Lipinski definition) is 5. The van der Waals surface area contributed by atoms with Crippen molar-refractivity contribution in [2.24, 2.45) is 0 Å². The van der Waals surface area contributed by atoms with Gasteiger partial charge < -0.3 is 29.6 Å². The second-order valence-corrected chi connectivity index (χ2v) is 9.00. The van der Waals surface area contributed by atoms with E-state index < -0.39 is 5.60 Å². The van der Waals surface area contributed by atoms with Gasteiger partial charge in [0.05, 0.1) is 5.69 Å². The maximum Gasteiger partial charge on any atom is 0.410 e. The van der Waals surface area contributed by atoms with E-state index in [1.165, 1.54) is 0 Å². The van der Waals surface area contributed by atoms with Crippen molar-refractivity contribution in [3.63, 3.8) is 0 Å². The van der Waals surface area contributed by atoms with E-state index in [-0.39, 0.29) is 30.6 Å². The number of aromatic nitrogens is 1. The molecule has 3 amide bonds. The Morgan fingerprint density at radius 1 is 1.19 bits per heavy atom. The van der Waals surface area contributed by atoms with Crippen LogP contribution >= 0.6 is 0 Å². The van der Waals surface area contributed by atoms with Gasteiger partial charge in [-0.05, 0) is 63.9 Å². The van der Waals surface area contributed by atoms with Gasteiger partial charge in [-0.3, -0.25) is 9.59 Å². The Labute approximate surface area is 186 Å². The van der Waals surface area contributed by atoms with E-state index in [1.54, 1.807) is 29.2 Å². The summed E-state index contributed by atoms with van der Waals surface area (Å²) in [6, 6.07) is 8.86. The van der Waals surface area contributed by atoms with Gasteiger partial charge in [0, 0.05) is 31.0 Å². The van der Waals surface area contributed by atoms with E-state index in [1.807, 2.05) is 37.6 Å². The number of anilines is 2. The molecule has 1 aromatic carbocycles. The zero-order chi connectivity index (χ0) is 22.9. The number of nitrogens with one attached hydrogen (secondary N) is 2. The average Bonchev–Trinajstić information content (AvgIpc) is 3.22. The average molecular weight is 441 g/mol. The van der Waals surface area contributed by atoms with Gasteiger partial charge in [0.2, 0.25) is 0 Å². The van der Waals surface area contributed by atoms with Gasteiger partial charge in [0.1, 0.15) is 17.0 Å². The van der Waals surface area contributed by atoms with Crippen LogP contribution in [-0.2, 0) is 9.53 Å².